The van der Waals surface area contributed by atoms with Crippen molar-refractivity contribution in [3.63, 3.8) is 0 Å². The molecule has 11 heavy (non-hydrogen) atoms. The van der Waals surface area contributed by atoms with Crippen molar-refractivity contribution in [1.29, 1.82) is 0 Å². The van der Waals surface area contributed by atoms with Crippen molar-refractivity contribution in [2.75, 3.05) is 6.61 Å². The van der Waals surface area contributed by atoms with Crippen molar-refractivity contribution in [3.8, 4) is 0 Å². The van der Waals surface area contributed by atoms with Crippen LogP contribution in [0.2, 0.25) is 5.82 Å². The first-order valence-corrected chi connectivity index (χ1v) is 3.61. The van der Waals surface area contributed by atoms with Crippen LogP contribution in [0.4, 0.5) is 8.63 Å². The third kappa shape index (κ3) is 1.91. The van der Waals surface area contributed by atoms with Crippen molar-refractivity contribution in [2.24, 2.45) is 5.92 Å². The first kappa shape index (κ1) is 8.49. The highest BCUT2D eigenvalue weighted by Gasteiger charge is 2.53. The summed E-state index contributed by atoms with van der Waals surface area (Å²) in [5, 5.41) is 0. The second-order valence-corrected chi connectivity index (χ2v) is 2.59. The predicted molar refractivity (Wildman–Crippen MR) is 36.5 cm³/mol. The Morgan fingerprint density at radius 2 is 2.36 bits per heavy atom. The van der Waals surface area contributed by atoms with E-state index in [0.717, 1.165) is 0 Å². The van der Waals surface area contributed by atoms with E-state index in [1.54, 1.807) is 6.92 Å². The van der Waals surface area contributed by atoms with Gasteiger partial charge in [0.25, 0.3) is 0 Å². The number of hydrogen-bond acceptors (Lipinski definition) is 2. The lowest BCUT2D eigenvalue weighted by atomic mass is 9.88. The van der Waals surface area contributed by atoms with E-state index in [1.165, 1.54) is 0 Å². The van der Waals surface area contributed by atoms with Crippen LogP contribution in [0, 0.1) is 5.92 Å². The Balaban J connectivity index is 2.26. The average molecular weight is 162 g/mol. The van der Waals surface area contributed by atoms with E-state index in [0.29, 0.717) is 0 Å². The number of ether oxygens (including phenoxy) is 1. The molecule has 1 rings (SSSR count). The van der Waals surface area contributed by atoms with E-state index < -0.39 is 25.0 Å². The monoisotopic (exact) mass is 162 g/mol. The van der Waals surface area contributed by atoms with Crippen LogP contribution in [-0.2, 0) is 9.53 Å². The van der Waals surface area contributed by atoms with Gasteiger partial charge in [0.05, 0.1) is 12.5 Å². The van der Waals surface area contributed by atoms with Crippen LogP contribution < -0.4 is 0 Å². The molecule has 0 aromatic rings. The standard InChI is InChI=1S/C6H9BF2O2/c1-2-11-6(10)4-3-5(4)7(8)9/h4-5H,2-3H2,1H3/t4-,5+/m1/s1. The Hall–Kier alpha value is -0.605. The van der Waals surface area contributed by atoms with Crippen LogP contribution in [0.3, 0.4) is 0 Å². The second kappa shape index (κ2) is 3.20. The van der Waals surface area contributed by atoms with Gasteiger partial charge in [-0.3, -0.25) is 13.4 Å². The van der Waals surface area contributed by atoms with Gasteiger partial charge in [-0.2, -0.15) is 0 Å². The number of hydrogen-bond donors (Lipinski definition) is 0. The number of carbonyl (C=O) groups is 1. The van der Waals surface area contributed by atoms with Crippen molar-refractivity contribution >= 4 is 13.2 Å². The van der Waals surface area contributed by atoms with E-state index in [-0.39, 0.29) is 13.0 Å². The third-order valence-corrected chi connectivity index (χ3v) is 1.75. The highest BCUT2D eigenvalue weighted by Crippen LogP contribution is 2.48. The zero-order chi connectivity index (χ0) is 8.43. The Morgan fingerprint density at radius 3 is 2.73 bits per heavy atom. The Bertz CT molecular complexity index is 163. The summed E-state index contributed by atoms with van der Waals surface area (Å²) in [6.07, 6.45) is 0.288. The quantitative estimate of drug-likeness (QED) is 0.462. The molecule has 0 N–H and O–H groups in total. The van der Waals surface area contributed by atoms with E-state index in [9.17, 15) is 13.4 Å². The zero-order valence-corrected chi connectivity index (χ0v) is 6.22. The van der Waals surface area contributed by atoms with E-state index in [1.807, 2.05) is 0 Å². The lowest BCUT2D eigenvalue weighted by Crippen LogP contribution is -2.09. The third-order valence-electron chi connectivity index (χ3n) is 1.75. The van der Waals surface area contributed by atoms with Crippen LogP contribution in [0.5, 0.6) is 0 Å². The van der Waals surface area contributed by atoms with Gasteiger partial charge in [0, 0.05) is 5.82 Å². The van der Waals surface area contributed by atoms with Crippen LogP contribution in [-0.4, -0.2) is 19.8 Å². The maximum Gasteiger partial charge on any atom is 0.542 e. The van der Waals surface area contributed by atoms with Gasteiger partial charge in [-0.05, 0) is 13.3 Å². The second-order valence-electron chi connectivity index (χ2n) is 2.59. The molecule has 0 radical (unpaired) electrons. The molecule has 0 aromatic carbocycles. The maximum atomic E-state index is 11.9. The molecule has 1 fully saturated rings. The molecule has 2 atom stereocenters. The average Bonchev–Trinajstić information content (AvgIpc) is 2.65. The Morgan fingerprint density at radius 1 is 1.73 bits per heavy atom. The van der Waals surface area contributed by atoms with Crippen LogP contribution in [0.15, 0.2) is 0 Å². The molecule has 0 amide bonds. The molecule has 1 saturated carbocycles. The number of halogens is 2. The summed E-state index contributed by atoms with van der Waals surface area (Å²) in [5.74, 6) is -1.75. The summed E-state index contributed by atoms with van der Waals surface area (Å²) >= 11 is 0. The van der Waals surface area contributed by atoms with Gasteiger partial charge in [0.2, 0.25) is 0 Å². The number of carbonyl (C=O) groups excluding carboxylic acids is 1. The first-order chi connectivity index (χ1) is 5.16. The van der Waals surface area contributed by atoms with Crippen molar-refractivity contribution < 1.29 is 18.2 Å². The molecule has 1 aliphatic carbocycles. The fourth-order valence-electron chi connectivity index (χ4n) is 1.01. The van der Waals surface area contributed by atoms with Gasteiger partial charge in [0.15, 0.2) is 0 Å². The highest BCUT2D eigenvalue weighted by molar-refractivity contribution is 6.46. The van der Waals surface area contributed by atoms with Gasteiger partial charge in [-0.1, -0.05) is 0 Å². The largest absolute Gasteiger partial charge is 0.542 e. The molecule has 62 valence electrons. The van der Waals surface area contributed by atoms with E-state index >= 15 is 0 Å². The SMILES string of the molecule is CCOC(=O)[C@@H]1C[C@@H]1B(F)F. The fraction of sp³-hybridized carbons (Fsp3) is 0.833. The molecule has 2 nitrogen and oxygen atoms in total. The van der Waals surface area contributed by atoms with Gasteiger partial charge >= 0.3 is 13.2 Å². The van der Waals surface area contributed by atoms with Crippen molar-refractivity contribution in [2.45, 2.75) is 19.2 Å². The zero-order valence-electron chi connectivity index (χ0n) is 6.22. The van der Waals surface area contributed by atoms with Crippen LogP contribution in [0.1, 0.15) is 13.3 Å². The van der Waals surface area contributed by atoms with Gasteiger partial charge in [-0.25, -0.2) is 0 Å². The summed E-state index contributed by atoms with van der Waals surface area (Å²) in [6.45, 7) is 1.93. The van der Waals surface area contributed by atoms with Crippen molar-refractivity contribution in [3.05, 3.63) is 0 Å². The minimum atomic E-state index is -2.37. The molecule has 0 heterocycles. The number of rotatable bonds is 3. The number of esters is 1. The lowest BCUT2D eigenvalue weighted by Gasteiger charge is -1.97. The molecule has 0 unspecified atom stereocenters. The first-order valence-electron chi connectivity index (χ1n) is 3.61. The van der Waals surface area contributed by atoms with Gasteiger partial charge in [-0.15, -0.1) is 0 Å². The van der Waals surface area contributed by atoms with Gasteiger partial charge in [0.1, 0.15) is 0 Å². The topological polar surface area (TPSA) is 26.3 Å². The molecule has 1 aliphatic rings. The summed E-state index contributed by atoms with van der Waals surface area (Å²) in [4.78, 5) is 10.8. The minimum absolute atomic E-state index is 0.269. The summed E-state index contributed by atoms with van der Waals surface area (Å²) < 4.78 is 28.3. The van der Waals surface area contributed by atoms with E-state index in [2.05, 4.69) is 4.74 Å². The maximum absolute atomic E-state index is 11.9. The van der Waals surface area contributed by atoms with Crippen LogP contribution >= 0.6 is 0 Å². The Kier molecular flexibility index (Phi) is 2.47. The molecule has 0 spiro atoms. The summed E-state index contributed by atoms with van der Waals surface area (Å²) in [5.41, 5.74) is 0. The lowest BCUT2D eigenvalue weighted by molar-refractivity contribution is -0.144. The molecule has 0 bridgehead atoms. The van der Waals surface area contributed by atoms with Gasteiger partial charge < -0.3 is 4.74 Å². The fourth-order valence-corrected chi connectivity index (χ4v) is 1.01. The molecule has 0 aliphatic heterocycles. The highest BCUT2D eigenvalue weighted by atomic mass is 19.2. The van der Waals surface area contributed by atoms with E-state index in [4.69, 9.17) is 0 Å². The predicted octanol–water partition coefficient (Wildman–Crippen LogP) is 1.37. The minimum Gasteiger partial charge on any atom is -0.466 e. The summed E-state index contributed by atoms with van der Waals surface area (Å²) in [7, 11) is -2.37. The molecule has 0 aromatic heterocycles. The molecular formula is C6H9BF2O2. The van der Waals surface area contributed by atoms with Crippen molar-refractivity contribution in [1.82, 2.24) is 0 Å². The Labute approximate surface area is 64.1 Å². The molecular weight excluding hydrogens is 153 g/mol. The van der Waals surface area contributed by atoms with Crippen LogP contribution in [0.25, 0.3) is 0 Å². The normalized spacial score (nSPS) is 27.9. The summed E-state index contributed by atoms with van der Waals surface area (Å²) in [6, 6.07) is 0. The molecule has 5 heteroatoms. The molecule has 0 saturated heterocycles. The smallest absolute Gasteiger partial charge is 0.466 e.